The number of benzene rings is 1. The lowest BCUT2D eigenvalue weighted by Gasteiger charge is -2.34. The number of aliphatic hydroxyl groups excluding tert-OH is 1. The van der Waals surface area contributed by atoms with Gasteiger partial charge in [0.15, 0.2) is 0 Å². The fourth-order valence-corrected chi connectivity index (χ4v) is 3.83. The number of aromatic nitrogens is 3. The van der Waals surface area contributed by atoms with E-state index in [0.717, 1.165) is 22.9 Å². The molecule has 1 aliphatic rings. The maximum atomic E-state index is 13.9. The van der Waals surface area contributed by atoms with Crippen molar-refractivity contribution in [1.82, 2.24) is 20.1 Å². The smallest absolute Gasteiger partial charge is 0.406 e. The van der Waals surface area contributed by atoms with Crippen molar-refractivity contribution in [3.8, 4) is 22.7 Å². The van der Waals surface area contributed by atoms with Crippen LogP contribution in [-0.4, -0.2) is 50.2 Å². The highest BCUT2D eigenvalue weighted by molar-refractivity contribution is 5.95. The number of carbonyl (C=O) groups is 1. The van der Waals surface area contributed by atoms with Crippen LogP contribution in [0.25, 0.3) is 16.9 Å². The number of halogens is 5. The molecule has 2 aromatic heterocycles. The quantitative estimate of drug-likeness (QED) is 0.510. The number of nitrogens with zero attached hydrogens (tertiary/aromatic N) is 3. The Hall–Kier alpha value is -3.87. The van der Waals surface area contributed by atoms with E-state index in [1.807, 2.05) is 0 Å². The summed E-state index contributed by atoms with van der Waals surface area (Å²) in [7, 11) is 0. The molecule has 0 aliphatic heterocycles. The van der Waals surface area contributed by atoms with E-state index in [1.165, 1.54) is 36.7 Å². The highest BCUT2D eigenvalue weighted by atomic mass is 19.4. The molecular weight excluding hydrogens is 491 g/mol. The Bertz CT molecular complexity index is 1300. The number of hydrogen-bond donors (Lipinski definition) is 2. The molecule has 1 unspecified atom stereocenters. The van der Waals surface area contributed by atoms with Gasteiger partial charge in [0.1, 0.15) is 17.4 Å². The average molecular weight is 510 g/mol. The number of pyridine rings is 1. The Balaban J connectivity index is 1.73. The maximum absolute atomic E-state index is 13.9. The third-order valence-corrected chi connectivity index (χ3v) is 5.59. The van der Waals surface area contributed by atoms with Crippen molar-refractivity contribution in [1.29, 1.82) is 0 Å². The van der Waals surface area contributed by atoms with Gasteiger partial charge in [-0.15, -0.1) is 13.2 Å². The predicted octanol–water partition coefficient (Wildman–Crippen LogP) is 3.47. The Morgan fingerprint density at radius 2 is 1.92 bits per heavy atom. The molecule has 1 aliphatic carbocycles. The first-order valence-electron chi connectivity index (χ1n) is 10.7. The molecule has 2 atom stereocenters. The van der Waals surface area contributed by atoms with Gasteiger partial charge < -0.3 is 15.2 Å². The summed E-state index contributed by atoms with van der Waals surface area (Å²) in [6, 6.07) is 7.36. The van der Waals surface area contributed by atoms with Crippen molar-refractivity contribution < 1.29 is 36.6 Å². The third-order valence-electron chi connectivity index (χ3n) is 5.59. The van der Waals surface area contributed by atoms with Gasteiger partial charge in [-0.25, -0.2) is 8.78 Å². The lowest BCUT2D eigenvalue weighted by molar-refractivity contribution is -0.274. The summed E-state index contributed by atoms with van der Waals surface area (Å²) >= 11 is 0. The van der Waals surface area contributed by atoms with E-state index < -0.39 is 53.6 Å². The first-order valence-corrected chi connectivity index (χ1v) is 10.7. The zero-order chi connectivity index (χ0) is 26.1. The zero-order valence-electron chi connectivity index (χ0n) is 18.4. The van der Waals surface area contributed by atoms with E-state index in [4.69, 9.17) is 0 Å². The van der Waals surface area contributed by atoms with Gasteiger partial charge >= 0.3 is 6.36 Å². The maximum Gasteiger partial charge on any atom is 0.573 e. The largest absolute Gasteiger partial charge is 0.573 e. The summed E-state index contributed by atoms with van der Waals surface area (Å²) in [6.45, 7) is 0. The standard InChI is InChI=1S/C23H19F5N4O4/c24-22(25)9-1-4-17(19(22)33)30-20(34)16-11-18(13-5-7-15(8-6-13)36-23(26,27)28)31-32(21(16)35)14-3-2-10-29-12-14/h2-3,5-8,10-12,17,19,33H,1,4,9H2,(H,30,34)/t17-,19?/m0/s1. The number of amides is 1. The molecule has 8 nitrogen and oxygen atoms in total. The van der Waals surface area contributed by atoms with Gasteiger partial charge in [0.25, 0.3) is 17.4 Å². The van der Waals surface area contributed by atoms with Gasteiger partial charge in [-0.3, -0.25) is 14.6 Å². The molecule has 0 bridgehead atoms. The molecule has 0 saturated heterocycles. The average Bonchev–Trinajstić information content (AvgIpc) is 2.82. The topological polar surface area (TPSA) is 106 Å². The predicted molar refractivity (Wildman–Crippen MR) is 116 cm³/mol. The fourth-order valence-electron chi connectivity index (χ4n) is 3.83. The summed E-state index contributed by atoms with van der Waals surface area (Å²) in [4.78, 5) is 30.0. The van der Waals surface area contributed by atoms with Crippen molar-refractivity contribution in [3.63, 3.8) is 0 Å². The van der Waals surface area contributed by atoms with Crippen molar-refractivity contribution in [2.45, 2.75) is 43.7 Å². The van der Waals surface area contributed by atoms with Crippen LogP contribution in [0.2, 0.25) is 0 Å². The van der Waals surface area contributed by atoms with Crippen LogP contribution in [0, 0.1) is 0 Å². The van der Waals surface area contributed by atoms with Gasteiger partial charge in [-0.05, 0) is 55.3 Å². The lowest BCUT2D eigenvalue weighted by Crippen LogP contribution is -2.54. The van der Waals surface area contributed by atoms with Gasteiger partial charge in [0.05, 0.1) is 23.6 Å². The van der Waals surface area contributed by atoms with Crippen LogP contribution in [-0.2, 0) is 0 Å². The Morgan fingerprint density at radius 1 is 1.19 bits per heavy atom. The molecule has 0 radical (unpaired) electrons. The minimum Gasteiger partial charge on any atom is -0.406 e. The summed E-state index contributed by atoms with van der Waals surface area (Å²) in [5, 5.41) is 16.5. The molecule has 1 fully saturated rings. The summed E-state index contributed by atoms with van der Waals surface area (Å²) in [6.07, 6.45) is -4.67. The minimum atomic E-state index is -4.89. The van der Waals surface area contributed by atoms with Crippen molar-refractivity contribution in [2.75, 3.05) is 0 Å². The molecule has 2 N–H and O–H groups in total. The number of carbonyl (C=O) groups excluding carboxylic acids is 1. The number of hydrogen-bond acceptors (Lipinski definition) is 6. The minimum absolute atomic E-state index is 0.0247. The van der Waals surface area contributed by atoms with Crippen LogP contribution in [0.5, 0.6) is 5.75 Å². The Kier molecular flexibility index (Phi) is 6.76. The van der Waals surface area contributed by atoms with Crippen molar-refractivity contribution >= 4 is 5.91 Å². The molecule has 190 valence electrons. The van der Waals surface area contributed by atoms with Crippen LogP contribution >= 0.6 is 0 Å². The highest BCUT2D eigenvalue weighted by Crippen LogP contribution is 2.34. The third kappa shape index (κ3) is 5.51. The SMILES string of the molecule is O=C(N[C@H]1CCCC(F)(F)C1O)c1cc(-c2ccc(OC(F)(F)F)cc2)nn(-c2cccnc2)c1=O. The summed E-state index contributed by atoms with van der Waals surface area (Å²) in [5.41, 5.74) is -0.921. The molecule has 3 aromatic rings. The van der Waals surface area contributed by atoms with Crippen molar-refractivity contribution in [3.05, 3.63) is 70.8 Å². The van der Waals surface area contributed by atoms with Crippen molar-refractivity contribution in [2.24, 2.45) is 0 Å². The summed E-state index contributed by atoms with van der Waals surface area (Å²) in [5.74, 6) is -4.90. The molecule has 13 heteroatoms. The Morgan fingerprint density at radius 3 is 2.56 bits per heavy atom. The first kappa shape index (κ1) is 25.2. The molecule has 1 aromatic carbocycles. The monoisotopic (exact) mass is 510 g/mol. The van der Waals surface area contributed by atoms with Crippen LogP contribution < -0.4 is 15.6 Å². The molecule has 36 heavy (non-hydrogen) atoms. The van der Waals surface area contributed by atoms with Crippen LogP contribution in [0.3, 0.4) is 0 Å². The van der Waals surface area contributed by atoms with Gasteiger partial charge in [0.2, 0.25) is 0 Å². The van der Waals surface area contributed by atoms with E-state index in [1.54, 1.807) is 0 Å². The molecule has 1 saturated carbocycles. The van der Waals surface area contributed by atoms with Gasteiger partial charge in [-0.1, -0.05) is 0 Å². The number of ether oxygens (including phenoxy) is 1. The normalized spacial score (nSPS) is 19.5. The molecule has 1 amide bonds. The molecule has 4 rings (SSSR count). The second-order valence-electron chi connectivity index (χ2n) is 8.12. The molecule has 2 heterocycles. The first-order chi connectivity index (χ1) is 16.9. The van der Waals surface area contributed by atoms with Gasteiger partial charge in [0, 0.05) is 18.2 Å². The fraction of sp³-hybridized carbons (Fsp3) is 0.304. The van der Waals surface area contributed by atoms with Gasteiger partial charge in [-0.2, -0.15) is 9.78 Å². The number of alkyl halides is 5. The van der Waals surface area contributed by atoms with E-state index in [-0.39, 0.29) is 29.8 Å². The van der Waals surface area contributed by atoms with E-state index in [9.17, 15) is 36.6 Å². The van der Waals surface area contributed by atoms with Crippen LogP contribution in [0.1, 0.15) is 29.6 Å². The molecular formula is C23H19F5N4O4. The van der Waals surface area contributed by atoms with Crippen LogP contribution in [0.4, 0.5) is 22.0 Å². The second kappa shape index (κ2) is 9.64. The lowest BCUT2D eigenvalue weighted by atomic mass is 9.89. The van der Waals surface area contributed by atoms with E-state index in [2.05, 4.69) is 20.1 Å². The second-order valence-corrected chi connectivity index (χ2v) is 8.12. The highest BCUT2D eigenvalue weighted by Gasteiger charge is 2.46. The number of nitrogens with one attached hydrogen (secondary N) is 1. The Labute approximate surface area is 200 Å². The van der Waals surface area contributed by atoms with Crippen LogP contribution in [0.15, 0.2) is 59.7 Å². The number of rotatable bonds is 5. The summed E-state index contributed by atoms with van der Waals surface area (Å²) < 4.78 is 70.0. The number of aliphatic hydroxyl groups is 1. The molecule has 0 spiro atoms. The van der Waals surface area contributed by atoms with E-state index >= 15 is 0 Å². The van der Waals surface area contributed by atoms with E-state index in [0.29, 0.717) is 0 Å². The zero-order valence-corrected chi connectivity index (χ0v) is 18.4.